The van der Waals surface area contributed by atoms with Crippen molar-refractivity contribution in [2.75, 3.05) is 13.2 Å². The van der Waals surface area contributed by atoms with Crippen LogP contribution in [0.5, 0.6) is 0 Å². The molecule has 1 atom stereocenters. The van der Waals surface area contributed by atoms with E-state index >= 15 is 0 Å². The number of hydrogen-bond donors (Lipinski definition) is 2. The molecule has 4 nitrogen and oxygen atoms in total. The van der Waals surface area contributed by atoms with E-state index in [1.807, 2.05) is 0 Å². The maximum atomic E-state index is 12.8. The highest BCUT2D eigenvalue weighted by Crippen LogP contribution is 2.35. The third-order valence-corrected chi connectivity index (χ3v) is 4.97. The summed E-state index contributed by atoms with van der Waals surface area (Å²) in [4.78, 5) is 12.8. The maximum absolute atomic E-state index is 12.8. The monoisotopic (exact) mass is 282 g/mol. The molecule has 0 bridgehead atoms. The number of hydrogen-bond acceptors (Lipinski definition) is 3. The number of carbonyl (C=O) groups is 1. The van der Waals surface area contributed by atoms with Gasteiger partial charge in [-0.1, -0.05) is 25.7 Å². The van der Waals surface area contributed by atoms with Crippen molar-refractivity contribution in [3.05, 3.63) is 0 Å². The maximum Gasteiger partial charge on any atom is 0.227 e. The summed E-state index contributed by atoms with van der Waals surface area (Å²) in [6, 6.07) is 0.234. The van der Waals surface area contributed by atoms with Gasteiger partial charge in [0.05, 0.1) is 11.0 Å². The van der Waals surface area contributed by atoms with Crippen molar-refractivity contribution in [3.63, 3.8) is 0 Å². The molecule has 0 radical (unpaired) electrons. The Labute approximate surface area is 122 Å². The minimum Gasteiger partial charge on any atom is -0.375 e. The van der Waals surface area contributed by atoms with Crippen LogP contribution in [0.15, 0.2) is 0 Å². The Kier molecular flexibility index (Phi) is 5.08. The molecule has 0 aromatic carbocycles. The molecule has 1 amide bonds. The van der Waals surface area contributed by atoms with Crippen molar-refractivity contribution in [2.45, 2.75) is 76.9 Å². The lowest BCUT2D eigenvalue weighted by Gasteiger charge is -2.38. The molecular formula is C16H30N2O2. The Hall–Kier alpha value is -0.610. The van der Waals surface area contributed by atoms with Gasteiger partial charge >= 0.3 is 0 Å². The summed E-state index contributed by atoms with van der Waals surface area (Å²) in [5.74, 6) is 0.185. The van der Waals surface area contributed by atoms with Gasteiger partial charge in [-0.2, -0.15) is 0 Å². The van der Waals surface area contributed by atoms with Gasteiger partial charge in [0, 0.05) is 19.2 Å². The molecule has 1 unspecified atom stereocenters. The fraction of sp³-hybridized carbons (Fsp3) is 0.938. The number of nitrogens with two attached hydrogens (primary N) is 1. The molecular weight excluding hydrogens is 252 g/mol. The first-order chi connectivity index (χ1) is 9.47. The lowest BCUT2D eigenvalue weighted by molar-refractivity contribution is -0.134. The number of amides is 1. The van der Waals surface area contributed by atoms with E-state index in [1.165, 1.54) is 12.8 Å². The Morgan fingerprint density at radius 2 is 1.90 bits per heavy atom. The fourth-order valence-corrected chi connectivity index (χ4v) is 3.62. The van der Waals surface area contributed by atoms with Crippen molar-refractivity contribution in [2.24, 2.45) is 11.1 Å². The predicted molar refractivity (Wildman–Crippen MR) is 80.4 cm³/mol. The zero-order chi connectivity index (χ0) is 14.6. The molecule has 1 saturated carbocycles. The first kappa shape index (κ1) is 15.8. The zero-order valence-electron chi connectivity index (χ0n) is 13.0. The van der Waals surface area contributed by atoms with E-state index < -0.39 is 0 Å². The second kappa shape index (κ2) is 6.44. The van der Waals surface area contributed by atoms with Crippen molar-refractivity contribution < 1.29 is 9.53 Å². The van der Waals surface area contributed by atoms with Crippen molar-refractivity contribution >= 4 is 5.91 Å². The van der Waals surface area contributed by atoms with Crippen LogP contribution in [-0.2, 0) is 9.53 Å². The minimum atomic E-state index is -0.320. The standard InChI is InChI=1S/C16H30N2O2/c1-15(2)11-13(7-10-20-15)18-14(19)16(12-17)8-5-3-4-6-9-16/h13H,3-12,17H2,1-2H3,(H,18,19). The average Bonchev–Trinajstić information content (AvgIpc) is 2.63. The summed E-state index contributed by atoms with van der Waals surface area (Å²) in [6.45, 7) is 5.39. The van der Waals surface area contributed by atoms with Crippen molar-refractivity contribution in [1.29, 1.82) is 0 Å². The molecule has 0 aromatic heterocycles. The number of ether oxygens (including phenoxy) is 1. The Bertz CT molecular complexity index is 333. The summed E-state index contributed by atoms with van der Waals surface area (Å²) < 4.78 is 5.72. The van der Waals surface area contributed by atoms with Crippen LogP contribution in [0, 0.1) is 5.41 Å². The predicted octanol–water partition coefficient (Wildman–Crippen LogP) is 2.36. The van der Waals surface area contributed by atoms with Crippen LogP contribution in [0.25, 0.3) is 0 Å². The molecule has 0 aromatic rings. The van der Waals surface area contributed by atoms with Crippen LogP contribution < -0.4 is 11.1 Å². The van der Waals surface area contributed by atoms with E-state index in [0.29, 0.717) is 6.54 Å². The highest BCUT2D eigenvalue weighted by molar-refractivity contribution is 5.83. The van der Waals surface area contributed by atoms with E-state index in [-0.39, 0.29) is 23.0 Å². The van der Waals surface area contributed by atoms with Gasteiger partial charge in [-0.05, 0) is 39.5 Å². The topological polar surface area (TPSA) is 64.4 Å². The van der Waals surface area contributed by atoms with Gasteiger partial charge in [-0.3, -0.25) is 4.79 Å². The van der Waals surface area contributed by atoms with Crippen molar-refractivity contribution in [3.8, 4) is 0 Å². The lowest BCUT2D eigenvalue weighted by atomic mass is 9.79. The quantitative estimate of drug-likeness (QED) is 0.781. The molecule has 2 aliphatic rings. The number of rotatable bonds is 3. The van der Waals surface area contributed by atoms with Gasteiger partial charge < -0.3 is 15.8 Å². The number of nitrogens with one attached hydrogen (secondary N) is 1. The molecule has 1 aliphatic heterocycles. The largest absolute Gasteiger partial charge is 0.375 e. The average molecular weight is 282 g/mol. The van der Waals surface area contributed by atoms with E-state index in [9.17, 15) is 4.79 Å². The highest BCUT2D eigenvalue weighted by atomic mass is 16.5. The molecule has 1 aliphatic carbocycles. The normalized spacial score (nSPS) is 29.4. The van der Waals surface area contributed by atoms with Crippen LogP contribution in [0.4, 0.5) is 0 Å². The summed E-state index contributed by atoms with van der Waals surface area (Å²) in [6.07, 6.45) is 8.42. The smallest absolute Gasteiger partial charge is 0.227 e. The van der Waals surface area contributed by atoms with Gasteiger partial charge in [0.1, 0.15) is 0 Å². The third-order valence-electron chi connectivity index (χ3n) is 4.97. The van der Waals surface area contributed by atoms with E-state index in [4.69, 9.17) is 10.5 Å². The molecule has 0 spiro atoms. The van der Waals surface area contributed by atoms with E-state index in [2.05, 4.69) is 19.2 Å². The minimum absolute atomic E-state index is 0.129. The molecule has 3 N–H and O–H groups in total. The van der Waals surface area contributed by atoms with Crippen molar-refractivity contribution in [1.82, 2.24) is 5.32 Å². The zero-order valence-corrected chi connectivity index (χ0v) is 13.0. The van der Waals surface area contributed by atoms with Crippen LogP contribution in [0.2, 0.25) is 0 Å². The number of carbonyl (C=O) groups excluding carboxylic acids is 1. The molecule has 116 valence electrons. The summed E-state index contributed by atoms with van der Waals surface area (Å²) in [5.41, 5.74) is 5.53. The Morgan fingerprint density at radius 1 is 1.25 bits per heavy atom. The molecule has 1 heterocycles. The lowest BCUT2D eigenvalue weighted by Crippen LogP contribution is -2.52. The SMILES string of the molecule is CC1(C)CC(NC(=O)C2(CN)CCCCCC2)CCO1. The second-order valence-corrected chi connectivity index (χ2v) is 7.17. The summed E-state index contributed by atoms with van der Waals surface area (Å²) in [5, 5.41) is 3.26. The fourth-order valence-electron chi connectivity index (χ4n) is 3.62. The van der Waals surface area contributed by atoms with Crippen LogP contribution >= 0.6 is 0 Å². The first-order valence-corrected chi connectivity index (χ1v) is 8.12. The van der Waals surface area contributed by atoms with Gasteiger partial charge in [-0.25, -0.2) is 0 Å². The highest BCUT2D eigenvalue weighted by Gasteiger charge is 2.39. The van der Waals surface area contributed by atoms with Crippen LogP contribution in [-0.4, -0.2) is 30.7 Å². The van der Waals surface area contributed by atoms with E-state index in [1.54, 1.807) is 0 Å². The van der Waals surface area contributed by atoms with Crippen LogP contribution in [0.1, 0.15) is 65.2 Å². The first-order valence-electron chi connectivity index (χ1n) is 8.12. The molecule has 20 heavy (non-hydrogen) atoms. The second-order valence-electron chi connectivity index (χ2n) is 7.17. The summed E-state index contributed by atoms with van der Waals surface area (Å²) in [7, 11) is 0. The van der Waals surface area contributed by atoms with Crippen LogP contribution in [0.3, 0.4) is 0 Å². The van der Waals surface area contributed by atoms with Gasteiger partial charge in [0.2, 0.25) is 5.91 Å². The van der Waals surface area contributed by atoms with Gasteiger partial charge in [-0.15, -0.1) is 0 Å². The summed E-state index contributed by atoms with van der Waals surface area (Å²) >= 11 is 0. The Balaban J connectivity index is 1.98. The molecule has 2 rings (SSSR count). The van der Waals surface area contributed by atoms with Gasteiger partial charge in [0.15, 0.2) is 0 Å². The van der Waals surface area contributed by atoms with E-state index in [0.717, 1.165) is 45.1 Å². The molecule has 1 saturated heterocycles. The molecule has 4 heteroatoms. The third kappa shape index (κ3) is 3.73. The molecule has 2 fully saturated rings. The van der Waals surface area contributed by atoms with Gasteiger partial charge in [0.25, 0.3) is 0 Å². The Morgan fingerprint density at radius 3 is 2.45 bits per heavy atom.